The first-order valence-corrected chi connectivity index (χ1v) is 8.27. The molecular weight excluding hydrogens is 334 g/mol. The van der Waals surface area contributed by atoms with Crippen LogP contribution in [-0.2, 0) is 27.8 Å². The minimum Gasteiger partial charge on any atom is -0.464 e. The smallest absolute Gasteiger partial charge is 0.310 e. The highest BCUT2D eigenvalue weighted by Gasteiger charge is 2.15. The van der Waals surface area contributed by atoms with E-state index in [0.717, 1.165) is 27.8 Å². The zero-order chi connectivity index (χ0) is 18.8. The van der Waals surface area contributed by atoms with Crippen molar-refractivity contribution in [1.82, 2.24) is 9.78 Å². The lowest BCUT2D eigenvalue weighted by atomic mass is 10.1. The lowest BCUT2D eigenvalue weighted by molar-refractivity contribution is -0.146. The van der Waals surface area contributed by atoms with Crippen molar-refractivity contribution in [3.05, 3.63) is 47.0 Å². The second-order valence-electron chi connectivity index (χ2n) is 6.32. The van der Waals surface area contributed by atoms with E-state index in [1.165, 1.54) is 0 Å². The van der Waals surface area contributed by atoms with Crippen LogP contribution in [0.3, 0.4) is 0 Å². The minimum absolute atomic E-state index is 0.0499. The molecule has 26 heavy (non-hydrogen) atoms. The summed E-state index contributed by atoms with van der Waals surface area (Å²) in [5.41, 5.74) is 4.74. The first-order valence-electron chi connectivity index (χ1n) is 8.27. The number of rotatable bonds is 5. The molecule has 0 spiro atoms. The number of furan rings is 1. The van der Waals surface area contributed by atoms with Crippen LogP contribution in [0, 0.1) is 20.8 Å². The molecule has 0 fully saturated rings. The molecule has 0 saturated carbocycles. The molecule has 2 aromatic heterocycles. The van der Waals surface area contributed by atoms with Gasteiger partial charge in [0.15, 0.2) is 6.61 Å². The fraction of sp³-hybridized carbons (Fsp3) is 0.316. The second kappa shape index (κ2) is 7.03. The van der Waals surface area contributed by atoms with Gasteiger partial charge < -0.3 is 14.5 Å². The average Bonchev–Trinajstić information content (AvgIpc) is 3.08. The molecule has 0 saturated heterocycles. The van der Waals surface area contributed by atoms with Gasteiger partial charge in [0.05, 0.1) is 29.8 Å². The van der Waals surface area contributed by atoms with Crippen molar-refractivity contribution in [1.29, 1.82) is 0 Å². The Morgan fingerprint density at radius 1 is 1.27 bits per heavy atom. The van der Waals surface area contributed by atoms with Crippen LogP contribution in [0.2, 0.25) is 0 Å². The summed E-state index contributed by atoms with van der Waals surface area (Å²) in [6.45, 7) is 5.29. The van der Waals surface area contributed by atoms with Crippen molar-refractivity contribution in [3.8, 4) is 0 Å². The summed E-state index contributed by atoms with van der Waals surface area (Å²) in [6, 6.07) is 5.78. The maximum absolute atomic E-state index is 12.1. The molecule has 7 heteroatoms. The van der Waals surface area contributed by atoms with Crippen LogP contribution in [0.4, 0.5) is 5.69 Å². The molecule has 0 aliphatic carbocycles. The fourth-order valence-electron chi connectivity index (χ4n) is 2.81. The van der Waals surface area contributed by atoms with E-state index in [4.69, 9.17) is 9.15 Å². The number of hydrogen-bond acceptors (Lipinski definition) is 5. The van der Waals surface area contributed by atoms with Gasteiger partial charge in [-0.3, -0.25) is 14.3 Å². The van der Waals surface area contributed by atoms with Crippen molar-refractivity contribution in [2.45, 2.75) is 27.2 Å². The Hall–Kier alpha value is -3.09. The quantitative estimate of drug-likeness (QED) is 0.711. The molecule has 2 heterocycles. The molecule has 0 bridgehead atoms. The number of anilines is 1. The fourth-order valence-corrected chi connectivity index (χ4v) is 2.81. The van der Waals surface area contributed by atoms with Crippen LogP contribution >= 0.6 is 0 Å². The standard InChI is InChI=1S/C19H21N3O4/c1-11-5-6-15-14(9-25-16(15)7-11)8-18(24)26-10-17(23)20-19-12(2)21-22(4)13(19)3/h5-7,9H,8,10H2,1-4H3,(H,20,23). The number of benzene rings is 1. The van der Waals surface area contributed by atoms with Crippen molar-refractivity contribution < 1.29 is 18.7 Å². The van der Waals surface area contributed by atoms with Crippen molar-refractivity contribution in [2.24, 2.45) is 7.05 Å². The van der Waals surface area contributed by atoms with Crippen molar-refractivity contribution >= 4 is 28.5 Å². The SMILES string of the molecule is Cc1ccc2c(CC(=O)OCC(=O)Nc3c(C)nn(C)c3C)coc2c1. The molecule has 0 radical (unpaired) electrons. The first-order chi connectivity index (χ1) is 12.3. The zero-order valence-corrected chi connectivity index (χ0v) is 15.3. The molecule has 3 rings (SSSR count). The second-order valence-corrected chi connectivity index (χ2v) is 6.32. The molecule has 136 valence electrons. The summed E-state index contributed by atoms with van der Waals surface area (Å²) in [6.07, 6.45) is 1.60. The predicted molar refractivity (Wildman–Crippen MR) is 96.9 cm³/mol. The number of carbonyl (C=O) groups is 2. The van der Waals surface area contributed by atoms with Crippen LogP contribution in [-0.4, -0.2) is 28.3 Å². The van der Waals surface area contributed by atoms with Crippen LogP contribution < -0.4 is 5.32 Å². The van der Waals surface area contributed by atoms with Gasteiger partial charge in [0.2, 0.25) is 0 Å². The highest BCUT2D eigenvalue weighted by molar-refractivity contribution is 5.94. The summed E-state index contributed by atoms with van der Waals surface area (Å²) in [5.74, 6) is -0.881. The molecule has 0 unspecified atom stereocenters. The minimum atomic E-state index is -0.483. The number of carbonyl (C=O) groups excluding carboxylic acids is 2. The van der Waals surface area contributed by atoms with E-state index in [2.05, 4.69) is 10.4 Å². The number of hydrogen-bond donors (Lipinski definition) is 1. The molecule has 0 aliphatic heterocycles. The number of fused-ring (bicyclic) bond motifs is 1. The van der Waals surface area contributed by atoms with Gasteiger partial charge in [-0.1, -0.05) is 12.1 Å². The molecule has 0 aliphatic rings. The predicted octanol–water partition coefficient (Wildman–Crippen LogP) is 2.82. The van der Waals surface area contributed by atoms with Gasteiger partial charge in [-0.05, 0) is 32.4 Å². The van der Waals surface area contributed by atoms with Gasteiger partial charge in [-0.25, -0.2) is 0 Å². The normalized spacial score (nSPS) is 10.9. The lowest BCUT2D eigenvalue weighted by Crippen LogP contribution is -2.22. The number of amides is 1. The van der Waals surface area contributed by atoms with E-state index < -0.39 is 11.9 Å². The number of aromatic nitrogens is 2. The number of aryl methyl sites for hydroxylation is 3. The summed E-state index contributed by atoms with van der Waals surface area (Å²) in [7, 11) is 1.80. The molecular formula is C19H21N3O4. The summed E-state index contributed by atoms with van der Waals surface area (Å²) in [4.78, 5) is 24.1. The number of nitrogens with one attached hydrogen (secondary N) is 1. The van der Waals surface area contributed by atoms with Gasteiger partial charge in [0.1, 0.15) is 5.58 Å². The Kier molecular flexibility index (Phi) is 4.79. The van der Waals surface area contributed by atoms with Gasteiger partial charge in [-0.15, -0.1) is 0 Å². The van der Waals surface area contributed by atoms with E-state index in [9.17, 15) is 9.59 Å². The molecule has 1 aromatic carbocycles. The van der Waals surface area contributed by atoms with Crippen LogP contribution in [0.5, 0.6) is 0 Å². The molecule has 3 aromatic rings. The Bertz CT molecular complexity index is 984. The van der Waals surface area contributed by atoms with Crippen molar-refractivity contribution in [3.63, 3.8) is 0 Å². The van der Waals surface area contributed by atoms with Gasteiger partial charge in [-0.2, -0.15) is 5.10 Å². The van der Waals surface area contributed by atoms with E-state index >= 15 is 0 Å². The molecule has 0 atom stereocenters. The Morgan fingerprint density at radius 3 is 2.73 bits per heavy atom. The topological polar surface area (TPSA) is 86.4 Å². The zero-order valence-electron chi connectivity index (χ0n) is 15.3. The highest BCUT2D eigenvalue weighted by Crippen LogP contribution is 2.23. The summed E-state index contributed by atoms with van der Waals surface area (Å²) in [5, 5.41) is 7.83. The monoisotopic (exact) mass is 355 g/mol. The Balaban J connectivity index is 1.57. The third-order valence-corrected chi connectivity index (χ3v) is 4.28. The van der Waals surface area contributed by atoms with E-state index in [-0.39, 0.29) is 13.0 Å². The molecule has 1 N–H and O–H groups in total. The highest BCUT2D eigenvalue weighted by atomic mass is 16.5. The first kappa shape index (κ1) is 17.7. The number of nitrogens with zero attached hydrogens (tertiary/aromatic N) is 2. The van der Waals surface area contributed by atoms with E-state index in [1.54, 1.807) is 24.9 Å². The summed E-state index contributed by atoms with van der Waals surface area (Å²) < 4.78 is 12.2. The number of esters is 1. The summed E-state index contributed by atoms with van der Waals surface area (Å²) >= 11 is 0. The Morgan fingerprint density at radius 2 is 2.04 bits per heavy atom. The van der Waals surface area contributed by atoms with E-state index in [0.29, 0.717) is 11.4 Å². The van der Waals surface area contributed by atoms with Gasteiger partial charge >= 0.3 is 5.97 Å². The maximum atomic E-state index is 12.1. The third kappa shape index (κ3) is 3.61. The molecule has 1 amide bonds. The lowest BCUT2D eigenvalue weighted by Gasteiger charge is -2.07. The van der Waals surface area contributed by atoms with E-state index in [1.807, 2.05) is 32.0 Å². The number of ether oxygens (including phenoxy) is 1. The third-order valence-electron chi connectivity index (χ3n) is 4.28. The van der Waals surface area contributed by atoms with Crippen LogP contribution in [0.25, 0.3) is 11.0 Å². The van der Waals surface area contributed by atoms with Crippen LogP contribution in [0.15, 0.2) is 28.9 Å². The van der Waals surface area contributed by atoms with Crippen molar-refractivity contribution in [2.75, 3.05) is 11.9 Å². The van der Waals surface area contributed by atoms with Gasteiger partial charge in [0.25, 0.3) is 5.91 Å². The molecule has 7 nitrogen and oxygen atoms in total. The van der Waals surface area contributed by atoms with Gasteiger partial charge in [0, 0.05) is 18.0 Å². The average molecular weight is 355 g/mol. The Labute approximate surface area is 150 Å². The largest absolute Gasteiger partial charge is 0.464 e. The maximum Gasteiger partial charge on any atom is 0.310 e. The van der Waals surface area contributed by atoms with Crippen LogP contribution in [0.1, 0.15) is 22.5 Å².